The topological polar surface area (TPSA) is 69.7 Å². The maximum atomic E-state index is 12.8. The summed E-state index contributed by atoms with van der Waals surface area (Å²) in [5.74, 6) is -4.53. The molecule has 0 radical (unpaired) electrons. The molecule has 0 aliphatic rings. The van der Waals surface area contributed by atoms with E-state index in [2.05, 4.69) is 0 Å². The lowest BCUT2D eigenvalue weighted by Crippen LogP contribution is -2.35. The SMILES string of the molecule is CCOC(=O)C(C(=O)Cc1ccc(F)cc1)C(=O)OCC. The number of ketones is 1. The molecule has 0 spiro atoms. The van der Waals surface area contributed by atoms with Crippen LogP contribution in [0.2, 0.25) is 0 Å². The molecule has 114 valence electrons. The maximum Gasteiger partial charge on any atom is 0.328 e. The Balaban J connectivity index is 2.86. The lowest BCUT2D eigenvalue weighted by molar-refractivity contribution is -0.163. The van der Waals surface area contributed by atoms with Gasteiger partial charge in [-0.1, -0.05) is 12.1 Å². The predicted molar refractivity (Wildman–Crippen MR) is 71.9 cm³/mol. The Hall–Kier alpha value is -2.24. The van der Waals surface area contributed by atoms with Gasteiger partial charge < -0.3 is 9.47 Å². The van der Waals surface area contributed by atoms with Crippen LogP contribution in [0.15, 0.2) is 24.3 Å². The van der Waals surface area contributed by atoms with Crippen molar-refractivity contribution in [3.63, 3.8) is 0 Å². The van der Waals surface area contributed by atoms with Crippen LogP contribution in [0.25, 0.3) is 0 Å². The molecule has 0 aliphatic carbocycles. The summed E-state index contributed by atoms with van der Waals surface area (Å²) in [5, 5.41) is 0. The van der Waals surface area contributed by atoms with Gasteiger partial charge in [-0.05, 0) is 31.5 Å². The van der Waals surface area contributed by atoms with Gasteiger partial charge in [0.1, 0.15) is 5.82 Å². The van der Waals surface area contributed by atoms with Gasteiger partial charge in [0, 0.05) is 6.42 Å². The molecular formula is C15H17FO5. The summed E-state index contributed by atoms with van der Waals surface area (Å²) in [4.78, 5) is 35.6. The highest BCUT2D eigenvalue weighted by Crippen LogP contribution is 2.11. The molecule has 0 saturated carbocycles. The number of hydrogen-bond acceptors (Lipinski definition) is 5. The van der Waals surface area contributed by atoms with Gasteiger partial charge in [0.05, 0.1) is 13.2 Å². The third kappa shape index (κ3) is 4.98. The maximum absolute atomic E-state index is 12.8. The normalized spacial score (nSPS) is 10.3. The summed E-state index contributed by atoms with van der Waals surface area (Å²) in [6.07, 6.45) is -0.178. The number of rotatable bonds is 7. The van der Waals surface area contributed by atoms with E-state index in [4.69, 9.17) is 9.47 Å². The average Bonchev–Trinajstić information content (AvgIpc) is 2.42. The first-order chi connectivity index (χ1) is 9.99. The van der Waals surface area contributed by atoms with Crippen LogP contribution < -0.4 is 0 Å². The number of carbonyl (C=O) groups excluding carboxylic acids is 3. The third-order valence-electron chi connectivity index (χ3n) is 2.66. The summed E-state index contributed by atoms with van der Waals surface area (Å²) >= 11 is 0. The standard InChI is InChI=1S/C15H17FO5/c1-3-20-14(18)13(15(19)21-4-2)12(17)9-10-5-7-11(16)8-6-10/h5-8,13H,3-4,9H2,1-2H3. The van der Waals surface area contributed by atoms with Crippen LogP contribution in [0.4, 0.5) is 4.39 Å². The first-order valence-corrected chi connectivity index (χ1v) is 6.60. The molecule has 0 aliphatic heterocycles. The molecule has 1 aromatic rings. The third-order valence-corrected chi connectivity index (χ3v) is 2.66. The fraction of sp³-hybridized carbons (Fsp3) is 0.400. The van der Waals surface area contributed by atoms with E-state index in [1.165, 1.54) is 24.3 Å². The molecule has 0 saturated heterocycles. The van der Waals surface area contributed by atoms with Gasteiger partial charge in [-0.25, -0.2) is 4.39 Å². The molecule has 21 heavy (non-hydrogen) atoms. The minimum atomic E-state index is -1.60. The van der Waals surface area contributed by atoms with Gasteiger partial charge >= 0.3 is 11.9 Å². The van der Waals surface area contributed by atoms with Gasteiger partial charge in [-0.3, -0.25) is 14.4 Å². The summed E-state index contributed by atoms with van der Waals surface area (Å²) in [6, 6.07) is 5.24. The zero-order chi connectivity index (χ0) is 15.8. The van der Waals surface area contributed by atoms with Gasteiger partial charge in [-0.15, -0.1) is 0 Å². The Morgan fingerprint density at radius 2 is 1.48 bits per heavy atom. The van der Waals surface area contributed by atoms with Gasteiger partial charge in [-0.2, -0.15) is 0 Å². The van der Waals surface area contributed by atoms with Crippen molar-refractivity contribution in [2.75, 3.05) is 13.2 Å². The average molecular weight is 296 g/mol. The van der Waals surface area contributed by atoms with Crippen LogP contribution in [-0.2, 0) is 30.3 Å². The van der Waals surface area contributed by atoms with Crippen molar-refractivity contribution in [2.45, 2.75) is 20.3 Å². The van der Waals surface area contributed by atoms with Crippen LogP contribution in [0.3, 0.4) is 0 Å². The van der Waals surface area contributed by atoms with E-state index in [0.717, 1.165) is 0 Å². The second-order valence-corrected chi connectivity index (χ2v) is 4.21. The van der Waals surface area contributed by atoms with Crippen LogP contribution in [0, 0.1) is 11.7 Å². The highest BCUT2D eigenvalue weighted by atomic mass is 19.1. The number of esters is 2. The van der Waals surface area contributed by atoms with Crippen LogP contribution >= 0.6 is 0 Å². The molecule has 0 N–H and O–H groups in total. The minimum Gasteiger partial charge on any atom is -0.465 e. The van der Waals surface area contributed by atoms with Crippen molar-refractivity contribution < 1.29 is 28.2 Å². The largest absolute Gasteiger partial charge is 0.465 e. The molecule has 0 fully saturated rings. The van der Waals surface area contributed by atoms with Crippen LogP contribution in [-0.4, -0.2) is 30.9 Å². The minimum absolute atomic E-state index is 0.0541. The van der Waals surface area contributed by atoms with E-state index in [-0.39, 0.29) is 19.6 Å². The number of carbonyl (C=O) groups is 3. The van der Waals surface area contributed by atoms with E-state index in [1.54, 1.807) is 13.8 Å². The second kappa shape index (κ2) is 8.14. The van der Waals surface area contributed by atoms with Crippen molar-refractivity contribution in [3.05, 3.63) is 35.6 Å². The highest BCUT2D eigenvalue weighted by molar-refractivity contribution is 6.15. The first kappa shape index (κ1) is 16.8. The molecule has 1 rings (SSSR count). The summed E-state index contributed by atoms with van der Waals surface area (Å²) in [6.45, 7) is 3.26. The number of benzene rings is 1. The zero-order valence-corrected chi connectivity index (χ0v) is 11.9. The lowest BCUT2D eigenvalue weighted by Gasteiger charge is -2.13. The first-order valence-electron chi connectivity index (χ1n) is 6.60. The van der Waals surface area contributed by atoms with Gasteiger partial charge in [0.2, 0.25) is 5.92 Å². The van der Waals surface area contributed by atoms with E-state index in [9.17, 15) is 18.8 Å². The molecule has 5 nitrogen and oxygen atoms in total. The van der Waals surface area contributed by atoms with E-state index in [0.29, 0.717) is 5.56 Å². The van der Waals surface area contributed by atoms with Gasteiger partial charge in [0.15, 0.2) is 5.78 Å². The van der Waals surface area contributed by atoms with E-state index in [1.807, 2.05) is 0 Å². The van der Waals surface area contributed by atoms with Crippen LogP contribution in [0.5, 0.6) is 0 Å². The molecule has 0 heterocycles. The molecule has 0 unspecified atom stereocenters. The number of halogens is 1. The predicted octanol–water partition coefficient (Wildman–Crippen LogP) is 1.68. The van der Waals surface area contributed by atoms with Crippen molar-refractivity contribution >= 4 is 17.7 Å². The van der Waals surface area contributed by atoms with Gasteiger partial charge in [0.25, 0.3) is 0 Å². The number of Topliss-reactive ketones (excluding diaryl/α,β-unsaturated/α-hetero) is 1. The Bertz CT molecular complexity index is 491. The summed E-state index contributed by atoms with van der Waals surface area (Å²) < 4.78 is 22.3. The molecule has 0 aromatic heterocycles. The molecule has 1 aromatic carbocycles. The Morgan fingerprint density at radius 3 is 1.90 bits per heavy atom. The quantitative estimate of drug-likeness (QED) is 0.565. The smallest absolute Gasteiger partial charge is 0.328 e. The summed E-state index contributed by atoms with van der Waals surface area (Å²) in [5.41, 5.74) is 0.500. The second-order valence-electron chi connectivity index (χ2n) is 4.21. The molecular weight excluding hydrogens is 279 g/mol. The summed E-state index contributed by atoms with van der Waals surface area (Å²) in [7, 11) is 0. The van der Waals surface area contributed by atoms with Crippen molar-refractivity contribution in [1.82, 2.24) is 0 Å². The van der Waals surface area contributed by atoms with E-state index >= 15 is 0 Å². The van der Waals surface area contributed by atoms with Crippen molar-refractivity contribution in [3.8, 4) is 0 Å². The molecule has 0 amide bonds. The number of hydrogen-bond donors (Lipinski definition) is 0. The zero-order valence-electron chi connectivity index (χ0n) is 11.9. The fourth-order valence-electron chi connectivity index (χ4n) is 1.72. The molecule has 6 heteroatoms. The number of ether oxygens (including phenoxy) is 2. The Morgan fingerprint density at radius 1 is 1.00 bits per heavy atom. The Labute approximate surface area is 122 Å². The van der Waals surface area contributed by atoms with Crippen LogP contribution in [0.1, 0.15) is 19.4 Å². The molecule has 0 bridgehead atoms. The Kier molecular flexibility index (Phi) is 6.52. The van der Waals surface area contributed by atoms with Crippen molar-refractivity contribution in [1.29, 1.82) is 0 Å². The fourth-order valence-corrected chi connectivity index (χ4v) is 1.72. The monoisotopic (exact) mass is 296 g/mol. The lowest BCUT2D eigenvalue weighted by atomic mass is 9.98. The molecule has 0 atom stereocenters. The highest BCUT2D eigenvalue weighted by Gasteiger charge is 2.36. The van der Waals surface area contributed by atoms with E-state index < -0.39 is 29.5 Å². The van der Waals surface area contributed by atoms with Crippen molar-refractivity contribution in [2.24, 2.45) is 5.92 Å².